The molecular weight excluding hydrogens is 210 g/mol. The average molecular weight is 235 g/mol. The highest BCUT2D eigenvalue weighted by atomic mass is 16.5. The number of rotatable bonds is 5. The van der Waals surface area contributed by atoms with Gasteiger partial charge in [-0.25, -0.2) is 0 Å². The monoisotopic (exact) mass is 235 g/mol. The SMILES string of the molecule is CCC(N)Cc1cc(C(C)C)c(OC)cc1C. The highest BCUT2D eigenvalue weighted by molar-refractivity contribution is 5.44. The molecule has 0 aromatic heterocycles. The van der Waals surface area contributed by atoms with Crippen molar-refractivity contribution >= 4 is 0 Å². The van der Waals surface area contributed by atoms with E-state index in [1.807, 2.05) is 0 Å². The van der Waals surface area contributed by atoms with Gasteiger partial charge < -0.3 is 10.5 Å². The predicted molar refractivity (Wildman–Crippen MR) is 73.8 cm³/mol. The van der Waals surface area contributed by atoms with Crippen molar-refractivity contribution in [2.45, 2.75) is 52.5 Å². The molecule has 96 valence electrons. The zero-order chi connectivity index (χ0) is 13.0. The van der Waals surface area contributed by atoms with Gasteiger partial charge in [-0.05, 0) is 48.4 Å². The van der Waals surface area contributed by atoms with Gasteiger partial charge in [0.15, 0.2) is 0 Å². The van der Waals surface area contributed by atoms with Gasteiger partial charge in [-0.15, -0.1) is 0 Å². The number of hydrogen-bond acceptors (Lipinski definition) is 2. The first-order chi connectivity index (χ1) is 7.99. The Balaban J connectivity index is 3.10. The highest BCUT2D eigenvalue weighted by Gasteiger charge is 2.12. The second-order valence-corrected chi connectivity index (χ2v) is 5.05. The number of aryl methyl sites for hydroxylation is 1. The van der Waals surface area contributed by atoms with Gasteiger partial charge in [-0.3, -0.25) is 0 Å². The minimum atomic E-state index is 0.252. The smallest absolute Gasteiger partial charge is 0.122 e. The fourth-order valence-electron chi connectivity index (χ4n) is 2.02. The van der Waals surface area contributed by atoms with Crippen LogP contribution in [0, 0.1) is 6.92 Å². The zero-order valence-electron chi connectivity index (χ0n) is 11.7. The van der Waals surface area contributed by atoms with Crippen molar-refractivity contribution < 1.29 is 4.74 Å². The van der Waals surface area contributed by atoms with E-state index in [9.17, 15) is 0 Å². The first kappa shape index (κ1) is 14.0. The van der Waals surface area contributed by atoms with E-state index in [1.165, 1.54) is 16.7 Å². The maximum Gasteiger partial charge on any atom is 0.122 e. The van der Waals surface area contributed by atoms with E-state index in [0.717, 1.165) is 18.6 Å². The van der Waals surface area contributed by atoms with Crippen molar-refractivity contribution in [3.05, 3.63) is 28.8 Å². The fraction of sp³-hybridized carbons (Fsp3) is 0.600. The maximum atomic E-state index is 6.04. The molecule has 1 unspecified atom stereocenters. The lowest BCUT2D eigenvalue weighted by molar-refractivity contribution is 0.407. The second kappa shape index (κ2) is 6.06. The van der Waals surface area contributed by atoms with E-state index in [-0.39, 0.29) is 6.04 Å². The van der Waals surface area contributed by atoms with Crippen molar-refractivity contribution in [1.29, 1.82) is 0 Å². The summed E-state index contributed by atoms with van der Waals surface area (Å²) in [6, 6.07) is 4.64. The number of benzene rings is 1. The largest absolute Gasteiger partial charge is 0.496 e. The van der Waals surface area contributed by atoms with Gasteiger partial charge >= 0.3 is 0 Å². The van der Waals surface area contributed by atoms with Gasteiger partial charge in [0.2, 0.25) is 0 Å². The Hall–Kier alpha value is -1.02. The van der Waals surface area contributed by atoms with Crippen molar-refractivity contribution in [2.24, 2.45) is 5.73 Å². The van der Waals surface area contributed by atoms with E-state index in [4.69, 9.17) is 10.5 Å². The van der Waals surface area contributed by atoms with Crippen molar-refractivity contribution in [3.63, 3.8) is 0 Å². The van der Waals surface area contributed by atoms with Crippen LogP contribution in [0.2, 0.25) is 0 Å². The van der Waals surface area contributed by atoms with Crippen LogP contribution in [0.4, 0.5) is 0 Å². The third-order valence-electron chi connectivity index (χ3n) is 3.32. The molecule has 0 fully saturated rings. The molecule has 0 saturated carbocycles. The Kier molecular flexibility index (Phi) is 5.01. The summed E-state index contributed by atoms with van der Waals surface area (Å²) < 4.78 is 5.44. The standard InChI is InChI=1S/C15H25NO/c1-6-13(16)8-12-9-14(10(2)3)15(17-5)7-11(12)4/h7,9-10,13H,6,8,16H2,1-5H3. The van der Waals surface area contributed by atoms with Crippen LogP contribution in [-0.2, 0) is 6.42 Å². The summed E-state index contributed by atoms with van der Waals surface area (Å²) in [6.45, 7) is 8.64. The van der Waals surface area contributed by atoms with Gasteiger partial charge in [0.1, 0.15) is 5.75 Å². The highest BCUT2D eigenvalue weighted by Crippen LogP contribution is 2.30. The Labute approximate surface area is 105 Å². The molecule has 2 heteroatoms. The van der Waals surface area contributed by atoms with E-state index in [2.05, 4.69) is 39.8 Å². The van der Waals surface area contributed by atoms with Crippen molar-refractivity contribution in [1.82, 2.24) is 0 Å². The Bertz CT molecular complexity index is 371. The van der Waals surface area contributed by atoms with E-state index >= 15 is 0 Å². The summed E-state index contributed by atoms with van der Waals surface area (Å²) in [7, 11) is 1.73. The summed E-state index contributed by atoms with van der Waals surface area (Å²) in [4.78, 5) is 0. The molecule has 0 saturated heterocycles. The molecule has 17 heavy (non-hydrogen) atoms. The number of hydrogen-bond donors (Lipinski definition) is 1. The predicted octanol–water partition coefficient (Wildman–Crippen LogP) is 3.41. The molecule has 1 atom stereocenters. The van der Waals surface area contributed by atoms with Crippen LogP contribution in [0.5, 0.6) is 5.75 Å². The molecule has 0 radical (unpaired) electrons. The molecule has 0 aliphatic carbocycles. The molecule has 2 N–H and O–H groups in total. The molecule has 1 rings (SSSR count). The van der Waals surface area contributed by atoms with E-state index in [1.54, 1.807) is 7.11 Å². The molecule has 1 aromatic carbocycles. The third kappa shape index (κ3) is 3.47. The van der Waals surface area contributed by atoms with Crippen LogP contribution in [0.3, 0.4) is 0 Å². The first-order valence-corrected chi connectivity index (χ1v) is 6.42. The molecule has 0 heterocycles. The Morgan fingerprint density at radius 1 is 1.29 bits per heavy atom. The molecule has 0 aliphatic rings. The van der Waals surface area contributed by atoms with E-state index < -0.39 is 0 Å². The van der Waals surface area contributed by atoms with Crippen LogP contribution in [-0.4, -0.2) is 13.2 Å². The summed E-state index contributed by atoms with van der Waals surface area (Å²) >= 11 is 0. The fourth-order valence-corrected chi connectivity index (χ4v) is 2.02. The average Bonchev–Trinajstić information content (AvgIpc) is 2.30. The first-order valence-electron chi connectivity index (χ1n) is 6.42. The molecule has 0 aliphatic heterocycles. The van der Waals surface area contributed by atoms with Gasteiger partial charge in [0, 0.05) is 6.04 Å². The van der Waals surface area contributed by atoms with Crippen molar-refractivity contribution in [3.8, 4) is 5.75 Å². The van der Waals surface area contributed by atoms with Gasteiger partial charge in [0.05, 0.1) is 7.11 Å². The lowest BCUT2D eigenvalue weighted by Gasteiger charge is -2.18. The topological polar surface area (TPSA) is 35.2 Å². The lowest BCUT2D eigenvalue weighted by Crippen LogP contribution is -2.22. The summed E-state index contributed by atoms with van der Waals surface area (Å²) in [5.74, 6) is 1.47. The van der Waals surface area contributed by atoms with E-state index in [0.29, 0.717) is 5.92 Å². The number of ether oxygens (including phenoxy) is 1. The van der Waals surface area contributed by atoms with Gasteiger partial charge in [-0.2, -0.15) is 0 Å². The quantitative estimate of drug-likeness (QED) is 0.849. The number of methoxy groups -OCH3 is 1. The summed E-state index contributed by atoms with van der Waals surface area (Å²) in [6.07, 6.45) is 1.97. The molecule has 0 bridgehead atoms. The van der Waals surface area contributed by atoms with Gasteiger partial charge in [-0.1, -0.05) is 26.8 Å². The normalized spacial score (nSPS) is 12.9. The summed E-state index contributed by atoms with van der Waals surface area (Å²) in [5.41, 5.74) is 9.94. The molecule has 2 nitrogen and oxygen atoms in total. The zero-order valence-corrected chi connectivity index (χ0v) is 11.7. The molecule has 0 spiro atoms. The summed E-state index contributed by atoms with van der Waals surface area (Å²) in [5, 5.41) is 0. The van der Waals surface area contributed by atoms with Crippen LogP contribution in [0.1, 0.15) is 49.8 Å². The third-order valence-corrected chi connectivity index (χ3v) is 3.32. The lowest BCUT2D eigenvalue weighted by atomic mass is 9.93. The maximum absolute atomic E-state index is 6.04. The minimum Gasteiger partial charge on any atom is -0.496 e. The Morgan fingerprint density at radius 2 is 1.94 bits per heavy atom. The van der Waals surface area contributed by atoms with Crippen LogP contribution in [0.25, 0.3) is 0 Å². The Morgan fingerprint density at radius 3 is 2.41 bits per heavy atom. The van der Waals surface area contributed by atoms with Crippen LogP contribution in [0.15, 0.2) is 12.1 Å². The molecule has 1 aromatic rings. The van der Waals surface area contributed by atoms with Gasteiger partial charge in [0.25, 0.3) is 0 Å². The molecular formula is C15H25NO. The van der Waals surface area contributed by atoms with Crippen molar-refractivity contribution in [2.75, 3.05) is 7.11 Å². The number of nitrogens with two attached hydrogens (primary N) is 1. The van der Waals surface area contributed by atoms with Crippen LogP contribution < -0.4 is 10.5 Å². The second-order valence-electron chi connectivity index (χ2n) is 5.05. The molecule has 0 amide bonds. The van der Waals surface area contributed by atoms with Crippen LogP contribution >= 0.6 is 0 Å². The minimum absolute atomic E-state index is 0.252.